The van der Waals surface area contributed by atoms with E-state index in [-0.39, 0.29) is 53.8 Å². The average molecular weight is 706 g/mol. The number of nitrogens with two attached hydrogens (primary N) is 1. The monoisotopic (exact) mass is 705 g/mol. The molecule has 0 aliphatic heterocycles. The maximum Gasteiger partial charge on any atom is 0.345 e. The number of H-pyrrole nitrogens is 2. The molecule has 0 spiro atoms. The number of nitrogens with zero attached hydrogens (tertiary/aromatic N) is 3. The van der Waals surface area contributed by atoms with E-state index in [0.29, 0.717) is 41.9 Å². The number of hydrogen-bond acceptors (Lipinski definition) is 11. The van der Waals surface area contributed by atoms with Crippen LogP contribution in [0.4, 0.5) is 11.6 Å². The molecule has 3 aromatic heterocycles. The third-order valence-electron chi connectivity index (χ3n) is 7.57. The highest BCUT2D eigenvalue weighted by Gasteiger charge is 2.22. The topological polar surface area (TPSA) is 248 Å². The minimum absolute atomic E-state index is 0.0284. The first-order chi connectivity index (χ1) is 24.0. The van der Waals surface area contributed by atoms with Crippen molar-refractivity contribution in [2.24, 2.45) is 7.05 Å². The Morgan fingerprint density at radius 3 is 2.56 bits per heavy atom. The molecule has 0 aliphatic rings. The van der Waals surface area contributed by atoms with E-state index in [2.05, 4.69) is 30.9 Å². The summed E-state index contributed by atoms with van der Waals surface area (Å²) in [5, 5.41) is 18.4. The number of carboxylic acid groups (broad SMARTS) is 1. The summed E-state index contributed by atoms with van der Waals surface area (Å²) in [4.78, 5) is 82.1. The highest BCUT2D eigenvalue weighted by atomic mass is 32.1. The minimum atomic E-state index is -1.27. The molecular formula is C32H35N9O8S. The molecule has 18 heteroatoms. The first-order valence-corrected chi connectivity index (χ1v) is 16.3. The van der Waals surface area contributed by atoms with E-state index in [1.54, 1.807) is 54.6 Å². The van der Waals surface area contributed by atoms with E-state index in [4.69, 9.17) is 10.5 Å². The average Bonchev–Trinajstić information content (AvgIpc) is 3.62. The molecule has 0 aliphatic carbocycles. The van der Waals surface area contributed by atoms with Gasteiger partial charge in [-0.2, -0.15) is 4.98 Å². The molecule has 0 saturated carbocycles. The van der Waals surface area contributed by atoms with Crippen LogP contribution in [0.25, 0.3) is 16.7 Å². The third kappa shape index (κ3) is 8.84. The summed E-state index contributed by atoms with van der Waals surface area (Å²) in [7, 11) is 1.41. The number of carboxylic acids is 1. The van der Waals surface area contributed by atoms with E-state index in [1.165, 1.54) is 11.0 Å². The summed E-state index contributed by atoms with van der Waals surface area (Å²) in [6, 6.07) is 13.6. The molecule has 8 N–H and O–H groups in total. The number of fused-ring (bicyclic) bond motifs is 1. The van der Waals surface area contributed by atoms with Crippen LogP contribution in [0.15, 0.2) is 69.0 Å². The molecule has 0 fully saturated rings. The van der Waals surface area contributed by atoms with Gasteiger partial charge >= 0.3 is 16.5 Å². The van der Waals surface area contributed by atoms with Crippen LogP contribution in [0.3, 0.4) is 0 Å². The van der Waals surface area contributed by atoms with E-state index in [9.17, 15) is 33.9 Å². The van der Waals surface area contributed by atoms with Crippen LogP contribution in [0.5, 0.6) is 5.75 Å². The Labute approximate surface area is 287 Å². The zero-order chi connectivity index (χ0) is 35.8. The first kappa shape index (κ1) is 35.1. The predicted octanol–water partition coefficient (Wildman–Crippen LogP) is 0.948. The number of aliphatic carboxylic acids is 1. The van der Waals surface area contributed by atoms with Gasteiger partial charge in [-0.25, -0.2) is 13.5 Å². The zero-order valence-electron chi connectivity index (χ0n) is 26.9. The Morgan fingerprint density at radius 2 is 1.84 bits per heavy atom. The van der Waals surface area contributed by atoms with Crippen LogP contribution in [0, 0.1) is 0 Å². The van der Waals surface area contributed by atoms with E-state index < -0.39 is 23.6 Å². The Morgan fingerprint density at radius 1 is 1.06 bits per heavy atom. The predicted molar refractivity (Wildman–Crippen MR) is 186 cm³/mol. The molecule has 0 saturated heterocycles. The fourth-order valence-electron chi connectivity index (χ4n) is 4.92. The van der Waals surface area contributed by atoms with E-state index in [1.807, 2.05) is 0 Å². The van der Waals surface area contributed by atoms with Gasteiger partial charge in [-0.3, -0.25) is 28.7 Å². The molecule has 3 heterocycles. The van der Waals surface area contributed by atoms with Crippen molar-refractivity contribution in [2.75, 3.05) is 30.7 Å². The maximum absolute atomic E-state index is 12.8. The standard InChI is InChI=1S/C32H35N9O8S/c1-40-31(47)41(50-32(40)48)21-4-2-5-22(17-21)49-15-3-13-35-25(42)11-10-24(29(45)46)37-27(43)18-6-8-19(9-7-18)34-14-12-20-16-23-26(36-20)38-30(33)39-28(23)44/h2,4-9,16-17,24,34H,3,10-15H2,1H3,(H,35,42)(H,37,43)(H,45,46)(H4,33,36,38,39,44)/t24-/m1/s1. The van der Waals surface area contributed by atoms with Crippen molar-refractivity contribution < 1.29 is 24.2 Å². The van der Waals surface area contributed by atoms with Crippen molar-refractivity contribution in [2.45, 2.75) is 31.7 Å². The Balaban J connectivity index is 1.01. The Kier molecular flexibility index (Phi) is 11.1. The molecule has 262 valence electrons. The van der Waals surface area contributed by atoms with Crippen molar-refractivity contribution in [1.82, 2.24) is 34.1 Å². The second kappa shape index (κ2) is 15.8. The lowest BCUT2D eigenvalue weighted by Gasteiger charge is -2.15. The number of hydrogen-bond donors (Lipinski definition) is 7. The molecule has 0 unspecified atom stereocenters. The second-order valence-electron chi connectivity index (χ2n) is 11.2. The van der Waals surface area contributed by atoms with Crippen LogP contribution < -0.4 is 42.5 Å². The quantitative estimate of drug-likeness (QED) is 0.0712. The van der Waals surface area contributed by atoms with Crippen molar-refractivity contribution >= 4 is 52.0 Å². The Bertz CT molecular complexity index is 2180. The first-order valence-electron chi connectivity index (χ1n) is 15.5. The van der Waals surface area contributed by atoms with Gasteiger partial charge < -0.3 is 36.5 Å². The number of carbonyl (C=O) groups excluding carboxylic acids is 2. The number of ether oxygens (including phenoxy) is 1. The molecule has 0 bridgehead atoms. The SMILES string of the molecule is Cn1c(=O)sn(-c2cccc(OCCCNC(=O)CC[C@@H](NC(=O)c3ccc(NCCc4cc5c(=O)[nH]c(N)nc5[nH]4)cc3)C(=O)O)c2)c1=O. The summed E-state index contributed by atoms with van der Waals surface area (Å²) < 4.78 is 8.00. The van der Waals surface area contributed by atoms with Gasteiger partial charge in [-0.15, -0.1) is 0 Å². The molecule has 0 radical (unpaired) electrons. The highest BCUT2D eigenvalue weighted by Crippen LogP contribution is 2.17. The van der Waals surface area contributed by atoms with Gasteiger partial charge in [0.2, 0.25) is 11.9 Å². The zero-order valence-corrected chi connectivity index (χ0v) is 27.7. The maximum atomic E-state index is 12.8. The number of anilines is 2. The summed E-state index contributed by atoms with van der Waals surface area (Å²) in [5.74, 6) is -1.71. The fourth-order valence-corrected chi connectivity index (χ4v) is 5.69. The van der Waals surface area contributed by atoms with E-state index >= 15 is 0 Å². The number of rotatable bonds is 16. The number of nitrogen functional groups attached to an aromatic ring is 1. The van der Waals surface area contributed by atoms with Crippen molar-refractivity contribution in [3.63, 3.8) is 0 Å². The molecule has 1 atom stereocenters. The minimum Gasteiger partial charge on any atom is -0.493 e. The lowest BCUT2D eigenvalue weighted by molar-refractivity contribution is -0.139. The molecule has 50 heavy (non-hydrogen) atoms. The number of carbonyl (C=O) groups is 3. The highest BCUT2D eigenvalue weighted by molar-refractivity contribution is 7.03. The van der Waals surface area contributed by atoms with Gasteiger partial charge in [0, 0.05) is 67.5 Å². The molecule has 2 amide bonds. The smallest absolute Gasteiger partial charge is 0.345 e. The normalized spacial score (nSPS) is 11.6. The van der Waals surface area contributed by atoms with Gasteiger partial charge in [-0.05, 0) is 55.3 Å². The van der Waals surface area contributed by atoms with Crippen LogP contribution >= 0.6 is 11.5 Å². The van der Waals surface area contributed by atoms with Gasteiger partial charge in [0.15, 0.2) is 0 Å². The van der Waals surface area contributed by atoms with Gasteiger partial charge in [-0.1, -0.05) is 6.07 Å². The number of benzene rings is 2. The van der Waals surface area contributed by atoms with Crippen LogP contribution in [0.1, 0.15) is 35.3 Å². The lowest BCUT2D eigenvalue weighted by Crippen LogP contribution is -2.41. The number of amides is 2. The second-order valence-corrected chi connectivity index (χ2v) is 12.1. The third-order valence-corrected chi connectivity index (χ3v) is 8.55. The molecule has 2 aromatic carbocycles. The van der Waals surface area contributed by atoms with Crippen molar-refractivity contribution in [3.8, 4) is 11.4 Å². The summed E-state index contributed by atoms with van der Waals surface area (Å²) >= 11 is 0.786. The molecule has 17 nitrogen and oxygen atoms in total. The fraction of sp³-hybridized carbons (Fsp3) is 0.281. The number of aromatic nitrogens is 5. The summed E-state index contributed by atoms with van der Waals surface area (Å²) in [6.45, 7) is 1.04. The van der Waals surface area contributed by atoms with Crippen molar-refractivity contribution in [1.29, 1.82) is 0 Å². The molecule has 5 rings (SSSR count). The molecular weight excluding hydrogens is 670 g/mol. The van der Waals surface area contributed by atoms with Gasteiger partial charge in [0.05, 0.1) is 17.7 Å². The summed E-state index contributed by atoms with van der Waals surface area (Å²) in [5.41, 5.74) is 7.49. The van der Waals surface area contributed by atoms with Crippen LogP contribution in [-0.4, -0.2) is 72.1 Å². The number of nitrogens with one attached hydrogen (secondary N) is 5. The summed E-state index contributed by atoms with van der Waals surface area (Å²) in [6.07, 6.45) is 0.781. The van der Waals surface area contributed by atoms with Gasteiger partial charge in [0.25, 0.3) is 11.5 Å². The van der Waals surface area contributed by atoms with Crippen molar-refractivity contribution in [3.05, 3.63) is 96.4 Å². The van der Waals surface area contributed by atoms with E-state index in [0.717, 1.165) is 27.5 Å². The number of aromatic amines is 2. The largest absolute Gasteiger partial charge is 0.493 e. The molecule has 5 aromatic rings. The van der Waals surface area contributed by atoms with Crippen LogP contribution in [0.2, 0.25) is 0 Å². The Hall–Kier alpha value is -6.17. The van der Waals surface area contributed by atoms with Gasteiger partial charge in [0.1, 0.15) is 17.4 Å². The lowest BCUT2D eigenvalue weighted by atomic mass is 10.1. The van der Waals surface area contributed by atoms with Crippen LogP contribution in [-0.2, 0) is 23.1 Å².